The molecule has 0 aromatic carbocycles. The van der Waals surface area contributed by atoms with Gasteiger partial charge in [-0.15, -0.1) is 11.3 Å². The van der Waals surface area contributed by atoms with E-state index in [4.69, 9.17) is 0 Å². The first-order valence-corrected chi connectivity index (χ1v) is 8.80. The molecule has 2 aliphatic heterocycles. The zero-order chi connectivity index (χ0) is 14.7. The van der Waals surface area contributed by atoms with Gasteiger partial charge in [-0.3, -0.25) is 9.69 Å². The first-order chi connectivity index (χ1) is 10.2. The van der Waals surface area contributed by atoms with Gasteiger partial charge in [0.25, 0.3) is 0 Å². The summed E-state index contributed by atoms with van der Waals surface area (Å²) in [4.78, 5) is 18.2. The van der Waals surface area contributed by atoms with Crippen molar-refractivity contribution in [3.63, 3.8) is 0 Å². The summed E-state index contributed by atoms with van der Waals surface area (Å²) in [6.45, 7) is 4.75. The highest BCUT2D eigenvalue weighted by atomic mass is 32.1. The Morgan fingerprint density at radius 1 is 1.48 bits per heavy atom. The molecule has 0 saturated carbocycles. The zero-order valence-electron chi connectivity index (χ0n) is 12.6. The van der Waals surface area contributed by atoms with Crippen LogP contribution in [0.1, 0.15) is 44.7 Å². The van der Waals surface area contributed by atoms with Gasteiger partial charge in [-0.1, -0.05) is 6.42 Å². The Morgan fingerprint density at radius 2 is 2.38 bits per heavy atom. The second kappa shape index (κ2) is 6.85. The number of rotatable bonds is 4. The van der Waals surface area contributed by atoms with Crippen LogP contribution in [0.2, 0.25) is 0 Å². The molecule has 2 N–H and O–H groups in total. The Hall–Kier alpha value is -0.980. The van der Waals surface area contributed by atoms with E-state index >= 15 is 0 Å². The van der Waals surface area contributed by atoms with Crippen molar-refractivity contribution in [3.05, 3.63) is 11.1 Å². The maximum Gasteiger partial charge on any atom is 0.223 e. The van der Waals surface area contributed by atoms with Crippen LogP contribution in [0.5, 0.6) is 0 Å². The fourth-order valence-electron chi connectivity index (χ4n) is 3.50. The monoisotopic (exact) mass is 308 g/mol. The second-order valence-electron chi connectivity index (χ2n) is 6.06. The van der Waals surface area contributed by atoms with Crippen molar-refractivity contribution in [2.45, 2.75) is 57.7 Å². The predicted octanol–water partition coefficient (Wildman–Crippen LogP) is 2.21. The third kappa shape index (κ3) is 3.81. The summed E-state index contributed by atoms with van der Waals surface area (Å²) >= 11 is 1.51. The minimum atomic E-state index is -0.0538. The summed E-state index contributed by atoms with van der Waals surface area (Å²) in [7, 11) is 0. The third-order valence-corrected chi connectivity index (χ3v) is 5.23. The van der Waals surface area contributed by atoms with Crippen LogP contribution >= 0.6 is 11.3 Å². The van der Waals surface area contributed by atoms with Crippen molar-refractivity contribution in [2.75, 3.05) is 18.4 Å². The number of hydrogen-bond donors (Lipinski definition) is 2. The quantitative estimate of drug-likeness (QED) is 0.895. The van der Waals surface area contributed by atoms with Gasteiger partial charge in [-0.2, -0.15) is 0 Å². The largest absolute Gasteiger partial charge is 0.312 e. The molecule has 3 rings (SSSR count). The van der Waals surface area contributed by atoms with Crippen LogP contribution in [0.4, 0.5) is 5.13 Å². The predicted molar refractivity (Wildman–Crippen MR) is 85.5 cm³/mol. The van der Waals surface area contributed by atoms with Gasteiger partial charge in [0.1, 0.15) is 0 Å². The van der Waals surface area contributed by atoms with Gasteiger partial charge in [-0.05, 0) is 38.8 Å². The zero-order valence-corrected chi connectivity index (χ0v) is 13.4. The second-order valence-corrected chi connectivity index (χ2v) is 6.92. The maximum absolute atomic E-state index is 11.1. The number of nitrogens with one attached hydrogen (secondary N) is 2. The SMILES string of the molecule is CC(=O)Nc1nc(CN2CCCCC2C2CCCN2)cs1. The molecule has 1 aromatic rings. The van der Waals surface area contributed by atoms with Gasteiger partial charge in [0.15, 0.2) is 5.13 Å². The van der Waals surface area contributed by atoms with Gasteiger partial charge in [-0.25, -0.2) is 4.98 Å². The smallest absolute Gasteiger partial charge is 0.223 e. The number of thiazole rings is 1. The molecule has 6 heteroatoms. The summed E-state index contributed by atoms with van der Waals surface area (Å²) in [5, 5.41) is 9.20. The molecule has 21 heavy (non-hydrogen) atoms. The van der Waals surface area contributed by atoms with E-state index in [9.17, 15) is 4.79 Å². The number of amides is 1. The lowest BCUT2D eigenvalue weighted by Gasteiger charge is -2.39. The molecule has 3 heterocycles. The van der Waals surface area contributed by atoms with Crippen LogP contribution in [-0.2, 0) is 11.3 Å². The summed E-state index contributed by atoms with van der Waals surface area (Å²) in [6.07, 6.45) is 6.52. The molecule has 2 aliphatic rings. The number of carbonyl (C=O) groups excluding carboxylic acids is 1. The first kappa shape index (κ1) is 14.9. The molecule has 0 bridgehead atoms. The highest BCUT2D eigenvalue weighted by molar-refractivity contribution is 7.13. The van der Waals surface area contributed by atoms with Gasteiger partial charge in [0.05, 0.1) is 5.69 Å². The lowest BCUT2D eigenvalue weighted by molar-refractivity contribution is -0.114. The fourth-order valence-corrected chi connectivity index (χ4v) is 4.25. The van der Waals surface area contributed by atoms with Crippen molar-refractivity contribution in [2.24, 2.45) is 0 Å². The molecule has 2 unspecified atom stereocenters. The van der Waals surface area contributed by atoms with Crippen molar-refractivity contribution in [3.8, 4) is 0 Å². The minimum absolute atomic E-state index is 0.0538. The maximum atomic E-state index is 11.1. The summed E-state index contributed by atoms with van der Waals surface area (Å²) in [5.41, 5.74) is 1.08. The highest BCUT2D eigenvalue weighted by Crippen LogP contribution is 2.26. The number of anilines is 1. The van der Waals surface area contributed by atoms with E-state index in [1.54, 1.807) is 0 Å². The van der Waals surface area contributed by atoms with Crippen LogP contribution in [0.3, 0.4) is 0 Å². The van der Waals surface area contributed by atoms with Gasteiger partial charge < -0.3 is 10.6 Å². The van der Waals surface area contributed by atoms with Gasteiger partial charge >= 0.3 is 0 Å². The molecule has 116 valence electrons. The van der Waals surface area contributed by atoms with Crippen LogP contribution in [0.25, 0.3) is 0 Å². The molecule has 0 spiro atoms. The van der Waals surface area contributed by atoms with E-state index < -0.39 is 0 Å². The average molecular weight is 308 g/mol. The Labute approximate surface area is 130 Å². The van der Waals surface area contributed by atoms with E-state index in [1.807, 2.05) is 0 Å². The average Bonchev–Trinajstić information content (AvgIpc) is 3.11. The van der Waals surface area contributed by atoms with Gasteiger partial charge in [0, 0.05) is 30.9 Å². The normalized spacial score (nSPS) is 26.9. The third-order valence-electron chi connectivity index (χ3n) is 4.43. The molecule has 2 fully saturated rings. The molecular formula is C15H24N4OS. The van der Waals surface area contributed by atoms with E-state index in [1.165, 1.54) is 56.9 Å². The number of carbonyl (C=O) groups is 1. The summed E-state index contributed by atoms with van der Waals surface area (Å²) in [6, 6.07) is 1.30. The molecule has 0 radical (unpaired) electrons. The van der Waals surface area contributed by atoms with E-state index in [0.717, 1.165) is 18.8 Å². The van der Waals surface area contributed by atoms with Crippen molar-refractivity contribution >= 4 is 22.4 Å². The van der Waals surface area contributed by atoms with Crippen LogP contribution in [0, 0.1) is 0 Å². The number of likely N-dealkylation sites (tertiary alicyclic amines) is 1. The topological polar surface area (TPSA) is 57.3 Å². The van der Waals surface area contributed by atoms with E-state index in [-0.39, 0.29) is 5.91 Å². The summed E-state index contributed by atoms with van der Waals surface area (Å²) in [5.74, 6) is -0.0538. The summed E-state index contributed by atoms with van der Waals surface area (Å²) < 4.78 is 0. The van der Waals surface area contributed by atoms with Crippen molar-refractivity contribution in [1.29, 1.82) is 0 Å². The number of aromatic nitrogens is 1. The minimum Gasteiger partial charge on any atom is -0.312 e. The number of hydrogen-bond acceptors (Lipinski definition) is 5. The Balaban J connectivity index is 1.63. The van der Waals surface area contributed by atoms with Crippen LogP contribution in [0.15, 0.2) is 5.38 Å². The molecule has 5 nitrogen and oxygen atoms in total. The molecular weight excluding hydrogens is 284 g/mol. The fraction of sp³-hybridized carbons (Fsp3) is 0.733. The number of nitrogens with zero attached hydrogens (tertiary/aromatic N) is 2. The molecule has 1 aromatic heterocycles. The first-order valence-electron chi connectivity index (χ1n) is 7.92. The van der Waals surface area contributed by atoms with Gasteiger partial charge in [0.2, 0.25) is 5.91 Å². The standard InChI is InChI=1S/C15H24N4OS/c1-11(20)17-15-18-12(10-21-15)9-19-8-3-2-6-14(19)13-5-4-7-16-13/h10,13-14,16H,2-9H2,1H3,(H,17,18,20). The molecule has 0 aliphatic carbocycles. The molecule has 2 atom stereocenters. The van der Waals surface area contributed by atoms with Crippen LogP contribution < -0.4 is 10.6 Å². The van der Waals surface area contributed by atoms with E-state index in [0.29, 0.717) is 17.2 Å². The molecule has 1 amide bonds. The molecule has 2 saturated heterocycles. The van der Waals surface area contributed by atoms with Crippen LogP contribution in [-0.4, -0.2) is 41.0 Å². The Morgan fingerprint density at radius 3 is 3.14 bits per heavy atom. The van der Waals surface area contributed by atoms with E-state index in [2.05, 4.69) is 25.9 Å². The Kier molecular flexibility index (Phi) is 4.87. The highest BCUT2D eigenvalue weighted by Gasteiger charge is 2.31. The Bertz CT molecular complexity index is 484. The van der Waals surface area contributed by atoms with Crippen molar-refractivity contribution < 1.29 is 4.79 Å². The lowest BCUT2D eigenvalue weighted by atomic mass is 9.94. The van der Waals surface area contributed by atoms with Crippen molar-refractivity contribution in [1.82, 2.24) is 15.2 Å². The number of piperidine rings is 1. The lowest BCUT2D eigenvalue weighted by Crippen LogP contribution is -2.49.